The lowest BCUT2D eigenvalue weighted by Gasteiger charge is -2.47. The van der Waals surface area contributed by atoms with Gasteiger partial charge < -0.3 is 5.73 Å². The van der Waals surface area contributed by atoms with E-state index in [0.29, 0.717) is 55.2 Å². The highest BCUT2D eigenvalue weighted by molar-refractivity contribution is 5.84. The zero-order valence-corrected chi connectivity index (χ0v) is 23.8. The maximum atomic E-state index is 13.8. The van der Waals surface area contributed by atoms with Gasteiger partial charge in [-0.25, -0.2) is 0 Å². The van der Waals surface area contributed by atoms with Crippen LogP contribution in [0.1, 0.15) is 72.3 Å². The van der Waals surface area contributed by atoms with Crippen molar-refractivity contribution in [3.8, 4) is 0 Å². The maximum Gasteiger partial charge on any atom is 0.416 e. The summed E-state index contributed by atoms with van der Waals surface area (Å²) in [7, 11) is 0. The van der Waals surface area contributed by atoms with Gasteiger partial charge in [-0.1, -0.05) is 60.7 Å². The molecule has 1 saturated heterocycles. The largest absolute Gasteiger partial charge is 0.416 e. The lowest BCUT2D eigenvalue weighted by atomic mass is 9.56. The van der Waals surface area contributed by atoms with Gasteiger partial charge in [-0.2, -0.15) is 26.3 Å². The molecule has 3 aromatic rings. The van der Waals surface area contributed by atoms with E-state index in [1.54, 1.807) is 30.3 Å². The number of likely N-dealkylation sites (tertiary alicyclic amines) is 1. The molecule has 3 nitrogen and oxygen atoms in total. The molecular weight excluding hydrogens is 566 g/mol. The topological polar surface area (TPSA) is 46.3 Å². The van der Waals surface area contributed by atoms with Crippen LogP contribution in [0.5, 0.6) is 0 Å². The third-order valence-electron chi connectivity index (χ3n) is 9.60. The Balaban J connectivity index is 1.42. The number of hydrogen-bond donors (Lipinski definition) is 1. The molecule has 0 aromatic heterocycles. The van der Waals surface area contributed by atoms with Crippen molar-refractivity contribution in [2.75, 3.05) is 13.1 Å². The van der Waals surface area contributed by atoms with Crippen LogP contribution >= 0.6 is 0 Å². The normalized spacial score (nSPS) is 23.2. The van der Waals surface area contributed by atoms with Crippen molar-refractivity contribution in [3.05, 3.63) is 107 Å². The van der Waals surface area contributed by atoms with E-state index in [1.165, 1.54) is 5.56 Å². The number of rotatable bonds is 7. The summed E-state index contributed by atoms with van der Waals surface area (Å²) in [5.74, 6) is -1.45. The Kier molecular flexibility index (Phi) is 8.93. The van der Waals surface area contributed by atoms with Gasteiger partial charge in [0.25, 0.3) is 0 Å². The van der Waals surface area contributed by atoms with Gasteiger partial charge in [0.1, 0.15) is 0 Å². The van der Waals surface area contributed by atoms with Crippen LogP contribution in [0.2, 0.25) is 0 Å². The summed E-state index contributed by atoms with van der Waals surface area (Å²) < 4.78 is 82.7. The van der Waals surface area contributed by atoms with Crippen molar-refractivity contribution in [2.45, 2.75) is 68.8 Å². The summed E-state index contributed by atoms with van der Waals surface area (Å²) >= 11 is 0. The number of alkyl halides is 6. The molecular formula is C34H36F6N2O. The van der Waals surface area contributed by atoms with Crippen molar-refractivity contribution >= 4 is 5.91 Å². The molecule has 3 aromatic carbocycles. The van der Waals surface area contributed by atoms with Gasteiger partial charge >= 0.3 is 12.4 Å². The molecule has 5 rings (SSSR count). The first-order valence-electron chi connectivity index (χ1n) is 14.8. The summed E-state index contributed by atoms with van der Waals surface area (Å²) in [5, 5.41) is 0. The van der Waals surface area contributed by atoms with Gasteiger partial charge in [-0.15, -0.1) is 0 Å². The van der Waals surface area contributed by atoms with Crippen LogP contribution < -0.4 is 5.73 Å². The predicted molar refractivity (Wildman–Crippen MR) is 153 cm³/mol. The van der Waals surface area contributed by atoms with E-state index in [4.69, 9.17) is 5.73 Å². The van der Waals surface area contributed by atoms with Gasteiger partial charge in [0.05, 0.1) is 17.0 Å². The number of benzene rings is 3. The fourth-order valence-electron chi connectivity index (χ4n) is 7.47. The summed E-state index contributed by atoms with van der Waals surface area (Å²) in [4.78, 5) is 15.6. The Bertz CT molecular complexity index is 1340. The molecule has 2 aliphatic rings. The van der Waals surface area contributed by atoms with Gasteiger partial charge in [0.2, 0.25) is 5.91 Å². The Morgan fingerprint density at radius 3 is 1.74 bits per heavy atom. The summed E-state index contributed by atoms with van der Waals surface area (Å²) in [6.07, 6.45) is -5.68. The van der Waals surface area contributed by atoms with Gasteiger partial charge in [-0.3, -0.25) is 9.69 Å². The Labute approximate surface area is 248 Å². The second-order valence-corrected chi connectivity index (χ2v) is 12.1. The Hall–Kier alpha value is -3.33. The number of hydrogen-bond acceptors (Lipinski definition) is 2. The van der Waals surface area contributed by atoms with E-state index in [-0.39, 0.29) is 11.6 Å². The molecule has 2 N–H and O–H groups in total. The number of nitrogens with two attached hydrogens (primary N) is 1. The molecule has 1 unspecified atom stereocenters. The molecule has 0 spiro atoms. The molecule has 1 heterocycles. The van der Waals surface area contributed by atoms with Gasteiger partial charge in [0.15, 0.2) is 0 Å². The van der Waals surface area contributed by atoms with Crippen molar-refractivity contribution < 1.29 is 31.1 Å². The predicted octanol–water partition coefficient (Wildman–Crippen LogP) is 8.33. The van der Waals surface area contributed by atoms with E-state index >= 15 is 0 Å². The smallest absolute Gasteiger partial charge is 0.369 e. The fraction of sp³-hybridized carbons (Fsp3) is 0.441. The molecule has 0 bridgehead atoms. The van der Waals surface area contributed by atoms with E-state index in [9.17, 15) is 31.1 Å². The number of carbonyl (C=O) groups excluding carboxylic acids is 1. The summed E-state index contributed by atoms with van der Waals surface area (Å²) in [6, 6.07) is 20.7. The quantitative estimate of drug-likeness (QED) is 0.277. The average Bonchev–Trinajstić information content (AvgIpc) is 2.98. The van der Waals surface area contributed by atoms with Crippen molar-refractivity contribution in [3.63, 3.8) is 0 Å². The van der Waals surface area contributed by atoms with Crippen LogP contribution in [0.15, 0.2) is 78.9 Å². The molecule has 0 radical (unpaired) electrons. The van der Waals surface area contributed by atoms with Crippen LogP contribution in [-0.4, -0.2) is 23.9 Å². The number of primary amides is 1. The average molecular weight is 603 g/mol. The van der Waals surface area contributed by atoms with E-state index < -0.39 is 40.7 Å². The molecule has 1 amide bonds. The first-order valence-corrected chi connectivity index (χ1v) is 14.8. The lowest BCUT2D eigenvalue weighted by Crippen LogP contribution is -2.45. The van der Waals surface area contributed by atoms with Crippen LogP contribution in [0, 0.1) is 11.8 Å². The van der Waals surface area contributed by atoms with Crippen LogP contribution in [-0.2, 0) is 29.1 Å². The minimum atomic E-state index is -5.02. The van der Waals surface area contributed by atoms with Crippen molar-refractivity contribution in [1.29, 1.82) is 0 Å². The van der Waals surface area contributed by atoms with Crippen LogP contribution in [0.25, 0.3) is 0 Å². The summed E-state index contributed by atoms with van der Waals surface area (Å²) in [5.41, 5.74) is 3.62. The number of carbonyl (C=O) groups is 1. The molecule has 9 heteroatoms. The Morgan fingerprint density at radius 1 is 0.767 bits per heavy atom. The molecule has 43 heavy (non-hydrogen) atoms. The monoisotopic (exact) mass is 602 g/mol. The minimum absolute atomic E-state index is 0.0950. The maximum absolute atomic E-state index is 13.8. The molecule has 1 atom stereocenters. The zero-order valence-electron chi connectivity index (χ0n) is 23.8. The third kappa shape index (κ3) is 6.92. The SMILES string of the molecule is NC(=O)C(c1cc(C(F)(F)F)cc(C(F)(F)F)c1)C1(c2ccccc2)CCC(C2CCN(Cc3ccccc3)CC2)CC1. The zero-order chi connectivity index (χ0) is 30.8. The fourth-order valence-corrected chi connectivity index (χ4v) is 7.47. The summed E-state index contributed by atoms with van der Waals surface area (Å²) in [6.45, 7) is 2.83. The highest BCUT2D eigenvalue weighted by Gasteiger charge is 2.49. The number of halogens is 6. The molecule has 230 valence electrons. The molecule has 1 saturated carbocycles. The lowest BCUT2D eigenvalue weighted by molar-refractivity contribution is -0.143. The number of nitrogens with zero attached hydrogens (tertiary/aromatic N) is 1. The molecule has 1 aliphatic carbocycles. The van der Waals surface area contributed by atoms with Gasteiger partial charge in [-0.05, 0) is 98.3 Å². The standard InChI is InChI=1S/C34H36F6N2O/c35-33(36,37)28-19-26(20-29(21-28)34(38,39)40)30(31(41)43)32(27-9-5-2-6-10-27)15-11-24(12-16-32)25-13-17-42(18-14-25)22-23-7-3-1-4-8-23/h1-10,19-21,24-25,30H,11-18,22H2,(H2,41,43). The first-order chi connectivity index (χ1) is 20.4. The first kappa shape index (κ1) is 31.1. The van der Waals surface area contributed by atoms with E-state index in [2.05, 4.69) is 17.0 Å². The second kappa shape index (κ2) is 12.3. The van der Waals surface area contributed by atoms with E-state index in [0.717, 1.165) is 32.5 Å². The third-order valence-corrected chi connectivity index (χ3v) is 9.60. The van der Waals surface area contributed by atoms with E-state index in [1.807, 2.05) is 18.2 Å². The minimum Gasteiger partial charge on any atom is -0.369 e. The van der Waals surface area contributed by atoms with Gasteiger partial charge in [0, 0.05) is 12.0 Å². The number of piperidine rings is 1. The van der Waals surface area contributed by atoms with Crippen LogP contribution in [0.3, 0.4) is 0 Å². The molecule has 1 aliphatic heterocycles. The van der Waals surface area contributed by atoms with Crippen LogP contribution in [0.4, 0.5) is 26.3 Å². The Morgan fingerprint density at radius 2 is 1.26 bits per heavy atom. The number of amides is 1. The molecule has 2 fully saturated rings. The van der Waals surface area contributed by atoms with Crippen molar-refractivity contribution in [1.82, 2.24) is 4.90 Å². The second-order valence-electron chi connectivity index (χ2n) is 12.1. The highest BCUT2D eigenvalue weighted by atomic mass is 19.4. The highest BCUT2D eigenvalue weighted by Crippen LogP contribution is 2.53. The van der Waals surface area contributed by atoms with Crippen molar-refractivity contribution in [2.24, 2.45) is 17.6 Å².